The van der Waals surface area contributed by atoms with E-state index in [1.54, 1.807) is 33.1 Å². The third-order valence-electron chi connectivity index (χ3n) is 6.13. The van der Waals surface area contributed by atoms with Crippen LogP contribution in [-0.2, 0) is 34.8 Å². The minimum Gasteiger partial charge on any atom is -0.497 e. The highest BCUT2D eigenvalue weighted by molar-refractivity contribution is 6.74. The van der Waals surface area contributed by atoms with Crippen LogP contribution in [0.2, 0.25) is 18.1 Å². The van der Waals surface area contributed by atoms with Crippen molar-refractivity contribution in [2.24, 2.45) is 5.92 Å². The molecule has 0 aliphatic heterocycles. The Balaban J connectivity index is 2.95. The van der Waals surface area contributed by atoms with E-state index in [9.17, 15) is 14.7 Å². The molecule has 0 heterocycles. The van der Waals surface area contributed by atoms with E-state index in [4.69, 9.17) is 23.4 Å². The van der Waals surface area contributed by atoms with E-state index in [2.05, 4.69) is 33.9 Å². The molecular weight excluding hydrogens is 480 g/mol. The quantitative estimate of drug-likeness (QED) is 0.153. The van der Waals surface area contributed by atoms with Gasteiger partial charge >= 0.3 is 11.9 Å². The summed E-state index contributed by atoms with van der Waals surface area (Å²) in [7, 11) is -0.660. The number of rotatable bonds is 15. The topological polar surface area (TPSA) is 101 Å². The van der Waals surface area contributed by atoms with Crippen LogP contribution in [0, 0.1) is 5.92 Å². The number of carbonyl (C=O) groups is 2. The van der Waals surface area contributed by atoms with Crippen molar-refractivity contribution in [3.8, 4) is 5.75 Å². The molecule has 2 atom stereocenters. The molecule has 36 heavy (non-hydrogen) atoms. The number of ether oxygens (including phenoxy) is 4. The van der Waals surface area contributed by atoms with Gasteiger partial charge in [-0.05, 0) is 56.1 Å². The van der Waals surface area contributed by atoms with Gasteiger partial charge in [0.2, 0.25) is 0 Å². The number of benzene rings is 1. The number of aliphatic hydroxyl groups is 1. The van der Waals surface area contributed by atoms with Gasteiger partial charge in [-0.3, -0.25) is 9.59 Å². The Bertz CT molecular complexity index is 811. The fraction of sp³-hybridized carbons (Fsp3) is 0.630. The first-order chi connectivity index (χ1) is 16.8. The molecule has 0 unspecified atom stereocenters. The summed E-state index contributed by atoms with van der Waals surface area (Å²) in [6.07, 6.45) is 1.85. The largest absolute Gasteiger partial charge is 0.497 e. The van der Waals surface area contributed by atoms with Crippen molar-refractivity contribution in [3.05, 3.63) is 42.0 Å². The first-order valence-electron chi connectivity index (χ1n) is 12.4. The molecule has 0 radical (unpaired) electrons. The highest BCUT2D eigenvalue weighted by Gasteiger charge is 2.41. The predicted octanol–water partition coefficient (Wildman–Crippen LogP) is 4.65. The molecule has 0 aromatic heterocycles. The molecule has 1 rings (SSSR count). The Morgan fingerprint density at radius 2 is 1.56 bits per heavy atom. The van der Waals surface area contributed by atoms with Crippen molar-refractivity contribution in [2.45, 2.75) is 78.0 Å². The van der Waals surface area contributed by atoms with Gasteiger partial charge in [0.1, 0.15) is 5.75 Å². The van der Waals surface area contributed by atoms with Gasteiger partial charge in [0.05, 0.1) is 45.7 Å². The van der Waals surface area contributed by atoms with Crippen molar-refractivity contribution >= 4 is 20.3 Å². The summed E-state index contributed by atoms with van der Waals surface area (Å²) in [5.41, 5.74) is 0.956. The summed E-state index contributed by atoms with van der Waals surface area (Å²) < 4.78 is 27.5. The highest BCUT2D eigenvalue weighted by Crippen LogP contribution is 2.38. The molecule has 8 nitrogen and oxygen atoms in total. The molecule has 1 N–H and O–H groups in total. The van der Waals surface area contributed by atoms with E-state index in [1.807, 2.05) is 24.3 Å². The van der Waals surface area contributed by atoms with Gasteiger partial charge in [0, 0.05) is 0 Å². The van der Waals surface area contributed by atoms with E-state index in [-0.39, 0.29) is 31.3 Å². The third kappa shape index (κ3) is 10.8. The molecule has 0 bridgehead atoms. The predicted molar refractivity (Wildman–Crippen MR) is 141 cm³/mol. The van der Waals surface area contributed by atoms with Crippen molar-refractivity contribution < 1.29 is 38.1 Å². The average molecular weight is 525 g/mol. The maximum atomic E-state index is 12.5. The van der Waals surface area contributed by atoms with Crippen LogP contribution < -0.4 is 4.74 Å². The van der Waals surface area contributed by atoms with Gasteiger partial charge in [-0.2, -0.15) is 0 Å². The zero-order valence-electron chi connectivity index (χ0n) is 23.0. The number of hydrogen-bond acceptors (Lipinski definition) is 8. The lowest BCUT2D eigenvalue weighted by Gasteiger charge is -2.39. The Morgan fingerprint density at radius 3 is 2.03 bits per heavy atom. The third-order valence-corrected chi connectivity index (χ3v) is 10.6. The molecule has 0 aliphatic rings. The first-order valence-corrected chi connectivity index (χ1v) is 15.3. The summed E-state index contributed by atoms with van der Waals surface area (Å²) in [6, 6.07) is 7.49. The number of hydrogen-bond donors (Lipinski definition) is 1. The van der Waals surface area contributed by atoms with Gasteiger partial charge in [-0.1, -0.05) is 45.1 Å². The number of carbonyl (C=O) groups excluding carboxylic acids is 2. The average Bonchev–Trinajstić information content (AvgIpc) is 2.80. The highest BCUT2D eigenvalue weighted by atomic mass is 28.4. The van der Waals surface area contributed by atoms with Gasteiger partial charge in [0.15, 0.2) is 14.2 Å². The summed E-state index contributed by atoms with van der Waals surface area (Å²) in [4.78, 5) is 25.1. The summed E-state index contributed by atoms with van der Waals surface area (Å²) in [5, 5.41) is 10.4. The molecule has 1 aromatic rings. The van der Waals surface area contributed by atoms with Crippen LogP contribution >= 0.6 is 0 Å². The zero-order valence-corrected chi connectivity index (χ0v) is 24.0. The SMILES string of the molecule is CCOC(=O)C(C[C@@H](/C=C/[C@H](O)COCc1ccc(OC)cc1)O[Si](C)(C)C(C)(C)C)C(=O)OCC. The van der Waals surface area contributed by atoms with Gasteiger partial charge in [-0.25, -0.2) is 0 Å². The summed E-state index contributed by atoms with van der Waals surface area (Å²) in [5.74, 6) is -1.64. The Labute approximate surface area is 217 Å². The molecule has 204 valence electrons. The normalized spacial score (nSPS) is 14.1. The van der Waals surface area contributed by atoms with Crippen LogP contribution in [0.5, 0.6) is 5.75 Å². The lowest BCUT2D eigenvalue weighted by atomic mass is 10.0. The van der Waals surface area contributed by atoms with Gasteiger partial charge in [-0.15, -0.1) is 0 Å². The van der Waals surface area contributed by atoms with Crippen molar-refractivity contribution in [1.29, 1.82) is 0 Å². The Hall–Kier alpha value is -2.20. The lowest BCUT2D eigenvalue weighted by molar-refractivity contribution is -0.162. The van der Waals surface area contributed by atoms with E-state index < -0.39 is 38.4 Å². The molecule has 0 amide bonds. The van der Waals surface area contributed by atoms with E-state index in [0.717, 1.165) is 11.3 Å². The zero-order chi connectivity index (χ0) is 27.4. The second kappa shape index (κ2) is 15.1. The molecule has 1 aromatic carbocycles. The Morgan fingerprint density at radius 1 is 1.00 bits per heavy atom. The Kier molecular flexibility index (Phi) is 13.4. The molecule has 0 saturated carbocycles. The van der Waals surface area contributed by atoms with Gasteiger partial charge < -0.3 is 28.5 Å². The van der Waals surface area contributed by atoms with Crippen molar-refractivity contribution in [1.82, 2.24) is 0 Å². The minimum atomic E-state index is -2.27. The lowest BCUT2D eigenvalue weighted by Crippen LogP contribution is -2.45. The molecule has 0 fully saturated rings. The van der Waals surface area contributed by atoms with Crippen LogP contribution in [0.1, 0.15) is 46.6 Å². The molecule has 0 saturated heterocycles. The van der Waals surface area contributed by atoms with Gasteiger partial charge in [0.25, 0.3) is 0 Å². The first kappa shape index (κ1) is 31.8. The van der Waals surface area contributed by atoms with Crippen molar-refractivity contribution in [3.63, 3.8) is 0 Å². The second-order valence-electron chi connectivity index (χ2n) is 10.0. The maximum Gasteiger partial charge on any atom is 0.320 e. The van der Waals surface area contributed by atoms with Crippen LogP contribution in [0.25, 0.3) is 0 Å². The molecule has 9 heteroatoms. The standard InChI is InChI=1S/C27H44O8Si/c1-9-33-25(29)24(26(30)34-10-2)17-23(35-36(7,8)27(3,4)5)16-13-21(28)19-32-18-20-11-14-22(31-6)15-12-20/h11-16,21,23-24,28H,9-10,17-19H2,1-8H3/b16-13+/t21-,23+/m0/s1. The number of aliphatic hydroxyl groups excluding tert-OH is 1. The van der Waals surface area contributed by atoms with Crippen LogP contribution in [0.15, 0.2) is 36.4 Å². The smallest absolute Gasteiger partial charge is 0.320 e. The summed E-state index contributed by atoms with van der Waals surface area (Å²) >= 11 is 0. The maximum absolute atomic E-state index is 12.5. The van der Waals surface area contributed by atoms with E-state index in [0.29, 0.717) is 6.61 Å². The number of methoxy groups -OCH3 is 1. The van der Waals surface area contributed by atoms with Crippen LogP contribution in [-0.4, -0.2) is 64.5 Å². The van der Waals surface area contributed by atoms with Crippen molar-refractivity contribution in [2.75, 3.05) is 26.9 Å². The number of esters is 2. The minimum absolute atomic E-state index is 0.0557. The van der Waals surface area contributed by atoms with E-state index in [1.165, 1.54) is 0 Å². The van der Waals surface area contributed by atoms with E-state index >= 15 is 0 Å². The second-order valence-corrected chi connectivity index (χ2v) is 14.8. The summed E-state index contributed by atoms with van der Waals surface area (Å²) in [6.45, 7) is 14.6. The monoisotopic (exact) mass is 524 g/mol. The van der Waals surface area contributed by atoms with Crippen LogP contribution in [0.3, 0.4) is 0 Å². The molecular formula is C27H44O8Si. The fourth-order valence-corrected chi connectivity index (χ4v) is 4.34. The molecule has 0 aliphatic carbocycles. The van der Waals surface area contributed by atoms with Crippen LogP contribution in [0.4, 0.5) is 0 Å². The fourth-order valence-electron chi connectivity index (χ4n) is 3.05. The molecule has 0 spiro atoms.